The highest BCUT2D eigenvalue weighted by molar-refractivity contribution is 5.97. The van der Waals surface area contributed by atoms with E-state index in [1.54, 1.807) is 0 Å². The third-order valence-electron chi connectivity index (χ3n) is 3.53. The summed E-state index contributed by atoms with van der Waals surface area (Å²) in [7, 11) is 0. The third-order valence-corrected chi connectivity index (χ3v) is 3.53. The molecule has 1 fully saturated rings. The van der Waals surface area contributed by atoms with Gasteiger partial charge in [0.15, 0.2) is 0 Å². The Morgan fingerprint density at radius 2 is 2.00 bits per heavy atom. The second kappa shape index (κ2) is 10.3. The Morgan fingerprint density at radius 1 is 1.25 bits per heavy atom. The molecule has 1 saturated carbocycles. The van der Waals surface area contributed by atoms with Crippen LogP contribution in [0.5, 0.6) is 0 Å². The number of carbonyl (C=O) groups excluding carboxylic acids is 1. The Kier molecular flexibility index (Phi) is 8.48. The van der Waals surface area contributed by atoms with E-state index in [-0.39, 0.29) is 24.1 Å². The summed E-state index contributed by atoms with van der Waals surface area (Å²) in [6.45, 7) is 0.922. The zero-order chi connectivity index (χ0) is 14.6. The standard InChI is InChI=1S/C15H25N3O2/c16-11-13(12-17-9-5-2-6-10-19)15(20)18-14-7-3-1-4-8-14/h12,14,17,19H,1-10H2,(H,18,20)/b13-12-. The van der Waals surface area contributed by atoms with Gasteiger partial charge in [-0.3, -0.25) is 4.79 Å². The normalized spacial score (nSPS) is 16.5. The Labute approximate surface area is 121 Å². The molecular formula is C15H25N3O2. The highest BCUT2D eigenvalue weighted by Crippen LogP contribution is 2.17. The van der Waals surface area contributed by atoms with Crippen LogP contribution in [0.25, 0.3) is 0 Å². The highest BCUT2D eigenvalue weighted by Gasteiger charge is 2.17. The van der Waals surface area contributed by atoms with Gasteiger partial charge in [0.2, 0.25) is 0 Å². The lowest BCUT2D eigenvalue weighted by atomic mass is 9.95. The first-order chi connectivity index (χ1) is 9.77. The number of unbranched alkanes of at least 4 members (excludes halogenated alkanes) is 2. The molecule has 0 unspecified atom stereocenters. The van der Waals surface area contributed by atoms with Crippen LogP contribution in [0, 0.1) is 11.3 Å². The van der Waals surface area contributed by atoms with Crippen LogP contribution in [0.15, 0.2) is 11.8 Å². The fraction of sp³-hybridized carbons (Fsp3) is 0.733. The van der Waals surface area contributed by atoms with Gasteiger partial charge in [-0.15, -0.1) is 0 Å². The summed E-state index contributed by atoms with van der Waals surface area (Å²) < 4.78 is 0. The molecule has 1 aliphatic rings. The van der Waals surface area contributed by atoms with Crippen LogP contribution in [-0.4, -0.2) is 30.2 Å². The molecule has 1 rings (SSSR count). The second-order valence-electron chi connectivity index (χ2n) is 5.22. The number of amides is 1. The number of rotatable bonds is 8. The van der Waals surface area contributed by atoms with Gasteiger partial charge in [-0.1, -0.05) is 19.3 Å². The topological polar surface area (TPSA) is 85.2 Å². The van der Waals surface area contributed by atoms with Crippen molar-refractivity contribution in [1.82, 2.24) is 10.6 Å². The molecule has 0 spiro atoms. The zero-order valence-electron chi connectivity index (χ0n) is 12.0. The number of hydrogen-bond donors (Lipinski definition) is 3. The number of hydrogen-bond acceptors (Lipinski definition) is 4. The van der Waals surface area contributed by atoms with Crippen molar-refractivity contribution in [3.05, 3.63) is 11.8 Å². The van der Waals surface area contributed by atoms with E-state index in [9.17, 15) is 4.79 Å². The number of nitriles is 1. The van der Waals surface area contributed by atoms with E-state index in [2.05, 4.69) is 10.6 Å². The average molecular weight is 279 g/mol. The van der Waals surface area contributed by atoms with Gasteiger partial charge in [-0.25, -0.2) is 0 Å². The molecule has 0 heterocycles. The first-order valence-electron chi connectivity index (χ1n) is 7.53. The van der Waals surface area contributed by atoms with E-state index >= 15 is 0 Å². The molecule has 5 heteroatoms. The van der Waals surface area contributed by atoms with E-state index < -0.39 is 0 Å². The van der Waals surface area contributed by atoms with Crippen LogP contribution in [0.2, 0.25) is 0 Å². The van der Waals surface area contributed by atoms with Crippen molar-refractivity contribution in [3.63, 3.8) is 0 Å². The van der Waals surface area contributed by atoms with Gasteiger partial charge >= 0.3 is 0 Å². The van der Waals surface area contributed by atoms with Crippen molar-refractivity contribution in [2.24, 2.45) is 0 Å². The van der Waals surface area contributed by atoms with Crippen molar-refractivity contribution in [1.29, 1.82) is 5.26 Å². The molecule has 1 aliphatic carbocycles. The number of nitrogens with zero attached hydrogens (tertiary/aromatic N) is 1. The summed E-state index contributed by atoms with van der Waals surface area (Å²) in [5.74, 6) is -0.276. The fourth-order valence-corrected chi connectivity index (χ4v) is 2.35. The minimum atomic E-state index is -0.276. The SMILES string of the molecule is N#C/C(=C/NCCCCCO)C(=O)NC1CCCCC1. The summed E-state index contributed by atoms with van der Waals surface area (Å²) in [5.41, 5.74) is 0.137. The van der Waals surface area contributed by atoms with Crippen LogP contribution in [0.1, 0.15) is 51.4 Å². The van der Waals surface area contributed by atoms with E-state index in [1.807, 2.05) is 6.07 Å². The van der Waals surface area contributed by atoms with E-state index in [0.29, 0.717) is 6.54 Å². The largest absolute Gasteiger partial charge is 0.396 e. The smallest absolute Gasteiger partial charge is 0.263 e. The molecule has 0 atom stereocenters. The first kappa shape index (κ1) is 16.5. The molecule has 112 valence electrons. The Bertz CT molecular complexity index is 355. The van der Waals surface area contributed by atoms with Gasteiger partial charge in [-0.2, -0.15) is 5.26 Å². The summed E-state index contributed by atoms with van der Waals surface area (Å²) in [4.78, 5) is 11.9. The average Bonchev–Trinajstić information content (AvgIpc) is 2.47. The lowest BCUT2D eigenvalue weighted by Gasteiger charge is -2.22. The number of aliphatic hydroxyl groups excluding tert-OH is 1. The summed E-state index contributed by atoms with van der Waals surface area (Å²) >= 11 is 0. The van der Waals surface area contributed by atoms with Gasteiger partial charge in [0, 0.05) is 25.4 Å². The van der Waals surface area contributed by atoms with Gasteiger partial charge in [0.1, 0.15) is 11.6 Å². The minimum Gasteiger partial charge on any atom is -0.396 e. The Morgan fingerprint density at radius 3 is 2.65 bits per heavy atom. The highest BCUT2D eigenvalue weighted by atomic mass is 16.2. The molecule has 5 nitrogen and oxygen atoms in total. The monoisotopic (exact) mass is 279 g/mol. The van der Waals surface area contributed by atoms with Crippen LogP contribution < -0.4 is 10.6 Å². The molecule has 0 aromatic heterocycles. The molecule has 20 heavy (non-hydrogen) atoms. The molecule has 0 aromatic carbocycles. The third kappa shape index (κ3) is 6.58. The minimum absolute atomic E-state index is 0.137. The Hall–Kier alpha value is -1.54. The van der Waals surface area contributed by atoms with Crippen LogP contribution in [0.4, 0.5) is 0 Å². The molecule has 1 amide bonds. The Balaban J connectivity index is 2.28. The van der Waals surface area contributed by atoms with E-state index in [1.165, 1.54) is 12.6 Å². The quantitative estimate of drug-likeness (QED) is 0.358. The van der Waals surface area contributed by atoms with Gasteiger partial charge < -0.3 is 15.7 Å². The van der Waals surface area contributed by atoms with Crippen LogP contribution in [-0.2, 0) is 4.79 Å². The van der Waals surface area contributed by atoms with Crippen LogP contribution >= 0.6 is 0 Å². The van der Waals surface area contributed by atoms with Gasteiger partial charge in [0.05, 0.1) is 0 Å². The zero-order valence-corrected chi connectivity index (χ0v) is 12.0. The molecule has 0 saturated heterocycles. The molecule has 0 radical (unpaired) electrons. The predicted octanol–water partition coefficient (Wildman–Crippen LogP) is 1.59. The predicted molar refractivity (Wildman–Crippen MR) is 77.7 cm³/mol. The molecule has 3 N–H and O–H groups in total. The van der Waals surface area contributed by atoms with Crippen molar-refractivity contribution in [3.8, 4) is 6.07 Å². The number of aliphatic hydroxyl groups is 1. The maximum absolute atomic E-state index is 11.9. The van der Waals surface area contributed by atoms with Gasteiger partial charge in [0.25, 0.3) is 5.91 Å². The number of carbonyl (C=O) groups is 1. The van der Waals surface area contributed by atoms with E-state index in [0.717, 1.165) is 44.9 Å². The van der Waals surface area contributed by atoms with Crippen molar-refractivity contribution >= 4 is 5.91 Å². The lowest BCUT2D eigenvalue weighted by molar-refractivity contribution is -0.118. The second-order valence-corrected chi connectivity index (χ2v) is 5.22. The molecule has 0 bridgehead atoms. The summed E-state index contributed by atoms with van der Waals surface area (Å²) in [6, 6.07) is 2.16. The van der Waals surface area contributed by atoms with Crippen LogP contribution in [0.3, 0.4) is 0 Å². The fourth-order valence-electron chi connectivity index (χ4n) is 2.35. The lowest BCUT2D eigenvalue weighted by Crippen LogP contribution is -2.37. The molecular weight excluding hydrogens is 254 g/mol. The van der Waals surface area contributed by atoms with Crippen molar-refractivity contribution < 1.29 is 9.90 Å². The molecule has 0 aromatic rings. The van der Waals surface area contributed by atoms with Crippen molar-refractivity contribution in [2.75, 3.05) is 13.2 Å². The summed E-state index contributed by atoms with van der Waals surface area (Å²) in [5, 5.41) is 23.6. The first-order valence-corrected chi connectivity index (χ1v) is 7.53. The maximum Gasteiger partial charge on any atom is 0.263 e. The van der Waals surface area contributed by atoms with E-state index in [4.69, 9.17) is 10.4 Å². The maximum atomic E-state index is 11.9. The molecule has 0 aliphatic heterocycles. The summed E-state index contributed by atoms with van der Waals surface area (Å²) in [6.07, 6.45) is 9.71. The van der Waals surface area contributed by atoms with Gasteiger partial charge in [-0.05, 0) is 32.1 Å². The number of nitrogens with one attached hydrogen (secondary N) is 2. The van der Waals surface area contributed by atoms with Crippen molar-refractivity contribution in [2.45, 2.75) is 57.4 Å².